The van der Waals surface area contributed by atoms with Gasteiger partial charge in [0.1, 0.15) is 6.61 Å². The molecule has 0 radical (unpaired) electrons. The Kier molecular flexibility index (Phi) is 6.42. The molecule has 0 spiro atoms. The molecule has 1 aromatic carbocycles. The summed E-state index contributed by atoms with van der Waals surface area (Å²) in [6.45, 7) is 3.87. The van der Waals surface area contributed by atoms with Crippen LogP contribution in [0.25, 0.3) is 0 Å². The lowest BCUT2D eigenvalue weighted by atomic mass is 9.96. The molecule has 25 heavy (non-hydrogen) atoms. The van der Waals surface area contributed by atoms with Crippen LogP contribution in [0.1, 0.15) is 31.7 Å². The lowest BCUT2D eigenvalue weighted by Gasteiger charge is -2.17. The molecule has 134 valence electrons. The Labute approximate surface area is 149 Å². The van der Waals surface area contributed by atoms with E-state index in [-0.39, 0.29) is 12.0 Å². The Morgan fingerprint density at radius 3 is 2.68 bits per heavy atom. The van der Waals surface area contributed by atoms with Gasteiger partial charge in [0, 0.05) is 17.7 Å². The van der Waals surface area contributed by atoms with Crippen LogP contribution in [0.2, 0.25) is 0 Å². The van der Waals surface area contributed by atoms with Gasteiger partial charge in [-0.25, -0.2) is 4.79 Å². The molecule has 0 saturated carbocycles. The van der Waals surface area contributed by atoms with Crippen LogP contribution in [0, 0.1) is 5.92 Å². The van der Waals surface area contributed by atoms with Gasteiger partial charge in [0.05, 0.1) is 13.2 Å². The Balaban J connectivity index is 1.33. The normalized spacial score (nSPS) is 25.6. The minimum absolute atomic E-state index is 0.179. The first kappa shape index (κ1) is 17.9. The van der Waals surface area contributed by atoms with Crippen LogP contribution in [0.5, 0.6) is 0 Å². The average Bonchev–Trinajstić information content (AvgIpc) is 3.08. The van der Waals surface area contributed by atoms with Gasteiger partial charge in [-0.2, -0.15) is 0 Å². The van der Waals surface area contributed by atoms with Gasteiger partial charge in [-0.1, -0.05) is 55.5 Å². The van der Waals surface area contributed by atoms with Crippen molar-refractivity contribution in [3.8, 4) is 0 Å². The van der Waals surface area contributed by atoms with E-state index in [1.165, 1.54) is 5.56 Å². The largest absolute Gasteiger partial charge is 0.461 e. The third-order valence-electron chi connectivity index (χ3n) is 4.72. The summed E-state index contributed by atoms with van der Waals surface area (Å²) in [5.74, 6) is 0.227. The van der Waals surface area contributed by atoms with Crippen LogP contribution in [0.15, 0.2) is 54.1 Å². The summed E-state index contributed by atoms with van der Waals surface area (Å²) in [7, 11) is 0. The smallest absolute Gasteiger partial charge is 0.334 e. The van der Waals surface area contributed by atoms with E-state index >= 15 is 0 Å². The molecule has 0 aromatic heterocycles. The van der Waals surface area contributed by atoms with Gasteiger partial charge in [-0.3, -0.25) is 0 Å². The summed E-state index contributed by atoms with van der Waals surface area (Å²) in [4.78, 5) is 12.1. The Morgan fingerprint density at radius 2 is 1.92 bits per heavy atom. The van der Waals surface area contributed by atoms with Crippen molar-refractivity contribution >= 4 is 5.97 Å². The van der Waals surface area contributed by atoms with Crippen molar-refractivity contribution in [1.29, 1.82) is 0 Å². The fourth-order valence-electron chi connectivity index (χ4n) is 3.32. The van der Waals surface area contributed by atoms with Gasteiger partial charge in [0.15, 0.2) is 0 Å². The SMILES string of the molecule is CC1C=CC=C(C(=O)OCC2CC[C@@H](COCc3ccccc3)N2)C1. The zero-order valence-electron chi connectivity index (χ0n) is 14.8. The number of carbonyl (C=O) groups is 1. The fourth-order valence-corrected chi connectivity index (χ4v) is 3.32. The summed E-state index contributed by atoms with van der Waals surface area (Å²) in [5.41, 5.74) is 1.96. The van der Waals surface area contributed by atoms with E-state index in [1.807, 2.05) is 30.4 Å². The molecular formula is C21H27NO3. The van der Waals surface area contributed by atoms with Crippen LogP contribution in [0.4, 0.5) is 0 Å². The first-order valence-electron chi connectivity index (χ1n) is 9.13. The van der Waals surface area contributed by atoms with Crippen molar-refractivity contribution in [3.05, 3.63) is 59.7 Å². The quantitative estimate of drug-likeness (QED) is 0.772. The second kappa shape index (κ2) is 8.97. The van der Waals surface area contributed by atoms with Gasteiger partial charge in [0.2, 0.25) is 0 Å². The number of rotatable bonds is 7. The first-order chi connectivity index (χ1) is 12.2. The minimum Gasteiger partial charge on any atom is -0.461 e. The number of carbonyl (C=O) groups excluding carboxylic acids is 1. The van der Waals surface area contributed by atoms with Gasteiger partial charge >= 0.3 is 5.97 Å². The second-order valence-electron chi connectivity index (χ2n) is 7.00. The van der Waals surface area contributed by atoms with Gasteiger partial charge in [0.25, 0.3) is 0 Å². The summed E-state index contributed by atoms with van der Waals surface area (Å²) in [5, 5.41) is 3.51. The third kappa shape index (κ3) is 5.55. The number of allylic oxidation sites excluding steroid dienone is 3. The molecule has 4 heteroatoms. The first-order valence-corrected chi connectivity index (χ1v) is 9.13. The number of nitrogens with one attached hydrogen (secondary N) is 1. The van der Waals surface area contributed by atoms with Crippen molar-refractivity contribution in [3.63, 3.8) is 0 Å². The van der Waals surface area contributed by atoms with Crippen molar-refractivity contribution in [1.82, 2.24) is 5.32 Å². The summed E-state index contributed by atoms with van der Waals surface area (Å²) in [6, 6.07) is 10.8. The molecule has 1 N–H and O–H groups in total. The molecule has 1 saturated heterocycles. The molecule has 3 rings (SSSR count). The highest BCUT2D eigenvalue weighted by atomic mass is 16.5. The predicted octanol–water partition coefficient (Wildman–Crippen LogP) is 3.39. The Hall–Kier alpha value is -1.91. The molecule has 2 aliphatic rings. The molecule has 3 atom stereocenters. The number of hydrogen-bond acceptors (Lipinski definition) is 4. The van der Waals surface area contributed by atoms with Crippen molar-refractivity contribution in [2.75, 3.05) is 13.2 Å². The molecule has 1 aromatic rings. The predicted molar refractivity (Wildman–Crippen MR) is 98.0 cm³/mol. The third-order valence-corrected chi connectivity index (χ3v) is 4.72. The highest BCUT2D eigenvalue weighted by Gasteiger charge is 2.25. The number of hydrogen-bond donors (Lipinski definition) is 1. The van der Waals surface area contributed by atoms with Crippen LogP contribution in [-0.4, -0.2) is 31.3 Å². The van der Waals surface area contributed by atoms with Crippen molar-refractivity contribution < 1.29 is 14.3 Å². The van der Waals surface area contributed by atoms with Crippen LogP contribution in [-0.2, 0) is 20.9 Å². The summed E-state index contributed by atoms with van der Waals surface area (Å²) in [6.07, 6.45) is 8.75. The van der Waals surface area contributed by atoms with Gasteiger partial charge < -0.3 is 14.8 Å². The molecule has 1 fully saturated rings. The zero-order chi connectivity index (χ0) is 17.5. The lowest BCUT2D eigenvalue weighted by molar-refractivity contribution is -0.140. The molecule has 2 unspecified atom stereocenters. The maximum Gasteiger partial charge on any atom is 0.334 e. The van der Waals surface area contributed by atoms with E-state index < -0.39 is 0 Å². The average molecular weight is 341 g/mol. The van der Waals surface area contributed by atoms with E-state index in [2.05, 4.69) is 30.4 Å². The molecule has 1 aliphatic heterocycles. The number of ether oxygens (including phenoxy) is 2. The van der Waals surface area contributed by atoms with E-state index in [9.17, 15) is 4.79 Å². The van der Waals surface area contributed by atoms with Crippen LogP contribution >= 0.6 is 0 Å². The lowest BCUT2D eigenvalue weighted by Crippen LogP contribution is -2.36. The van der Waals surface area contributed by atoms with Crippen LogP contribution in [0.3, 0.4) is 0 Å². The highest BCUT2D eigenvalue weighted by Crippen LogP contribution is 2.20. The van der Waals surface area contributed by atoms with Crippen molar-refractivity contribution in [2.45, 2.75) is 44.9 Å². The maximum atomic E-state index is 12.1. The second-order valence-corrected chi connectivity index (χ2v) is 7.00. The summed E-state index contributed by atoms with van der Waals surface area (Å²) < 4.78 is 11.3. The summed E-state index contributed by atoms with van der Waals surface area (Å²) >= 11 is 0. The molecule has 0 bridgehead atoms. The Morgan fingerprint density at radius 1 is 1.16 bits per heavy atom. The topological polar surface area (TPSA) is 47.6 Å². The fraction of sp³-hybridized carbons (Fsp3) is 0.476. The molecular weight excluding hydrogens is 314 g/mol. The molecule has 4 nitrogen and oxygen atoms in total. The van der Waals surface area contributed by atoms with Gasteiger partial charge in [-0.15, -0.1) is 0 Å². The molecule has 0 amide bonds. The van der Waals surface area contributed by atoms with Crippen LogP contribution < -0.4 is 5.32 Å². The monoisotopic (exact) mass is 341 g/mol. The van der Waals surface area contributed by atoms with E-state index in [0.29, 0.717) is 31.8 Å². The zero-order valence-corrected chi connectivity index (χ0v) is 14.8. The number of benzene rings is 1. The van der Waals surface area contributed by atoms with E-state index in [4.69, 9.17) is 9.47 Å². The molecule has 1 aliphatic carbocycles. The highest BCUT2D eigenvalue weighted by molar-refractivity contribution is 5.89. The number of esters is 1. The standard InChI is InChI=1S/C21H27NO3/c1-16-6-5-9-18(12-16)21(23)25-15-20-11-10-19(22-20)14-24-13-17-7-3-2-4-8-17/h2-9,16,19-20,22H,10-15H2,1H3/t16?,19-,20?/m0/s1. The van der Waals surface area contributed by atoms with Crippen molar-refractivity contribution in [2.24, 2.45) is 5.92 Å². The maximum absolute atomic E-state index is 12.1. The molecule has 1 heterocycles. The van der Waals surface area contributed by atoms with E-state index in [1.54, 1.807) is 0 Å². The minimum atomic E-state index is -0.179. The van der Waals surface area contributed by atoms with Gasteiger partial charge in [-0.05, 0) is 30.7 Å². The van der Waals surface area contributed by atoms with E-state index in [0.717, 1.165) is 24.8 Å². The Bertz CT molecular complexity index is 623.